The molecule has 0 aliphatic heterocycles. The molecule has 2 N–H and O–H groups in total. The third-order valence-electron chi connectivity index (χ3n) is 2.33. The molecule has 0 bridgehead atoms. The van der Waals surface area contributed by atoms with E-state index in [0.29, 0.717) is 12.2 Å². The van der Waals surface area contributed by atoms with E-state index in [1.54, 1.807) is 6.20 Å². The molecule has 96 valence electrons. The van der Waals surface area contributed by atoms with Crippen LogP contribution >= 0.6 is 0 Å². The summed E-state index contributed by atoms with van der Waals surface area (Å²) >= 11 is 0. The number of benzene rings is 1. The summed E-state index contributed by atoms with van der Waals surface area (Å²) in [7, 11) is 0. The molecule has 0 saturated heterocycles. The molecule has 0 aliphatic carbocycles. The van der Waals surface area contributed by atoms with Crippen molar-refractivity contribution in [2.45, 2.75) is 13.1 Å². The average molecular weight is 254 g/mol. The highest BCUT2D eigenvalue weighted by molar-refractivity contribution is 5.45. The largest absolute Gasteiger partial charge is 0.394 e. The Kier molecular flexibility index (Phi) is 3.83. The standard InChI is InChI=1S/C11H12F2N4O/c12-9-2-1-3-10(11(9)13)14-6-8-7-17(4-5-18)16-15-8/h1-3,7,14,18H,4-6H2. The summed E-state index contributed by atoms with van der Waals surface area (Å²) in [5.41, 5.74) is 0.652. The summed E-state index contributed by atoms with van der Waals surface area (Å²) in [6.07, 6.45) is 1.63. The molecule has 7 heteroatoms. The van der Waals surface area contributed by atoms with Crippen molar-refractivity contribution in [1.82, 2.24) is 15.0 Å². The fourth-order valence-electron chi connectivity index (χ4n) is 1.46. The van der Waals surface area contributed by atoms with Crippen LogP contribution in [0.4, 0.5) is 14.5 Å². The molecule has 0 saturated carbocycles. The molecule has 0 fully saturated rings. The summed E-state index contributed by atoms with van der Waals surface area (Å²) in [5.74, 6) is -1.82. The van der Waals surface area contributed by atoms with Crippen molar-refractivity contribution in [3.63, 3.8) is 0 Å². The molecule has 0 spiro atoms. The number of aromatic nitrogens is 3. The van der Waals surface area contributed by atoms with Crippen LogP contribution in [0.2, 0.25) is 0 Å². The van der Waals surface area contributed by atoms with E-state index in [0.717, 1.165) is 6.07 Å². The predicted octanol–water partition coefficient (Wildman–Crippen LogP) is 1.16. The first-order chi connectivity index (χ1) is 8.70. The van der Waals surface area contributed by atoms with Gasteiger partial charge in [0.2, 0.25) is 0 Å². The van der Waals surface area contributed by atoms with Crippen molar-refractivity contribution < 1.29 is 13.9 Å². The number of aliphatic hydroxyl groups excluding tert-OH is 1. The van der Waals surface area contributed by atoms with Crippen LogP contribution in [-0.2, 0) is 13.1 Å². The number of anilines is 1. The van der Waals surface area contributed by atoms with E-state index >= 15 is 0 Å². The molecule has 0 unspecified atom stereocenters. The van der Waals surface area contributed by atoms with Crippen molar-refractivity contribution in [1.29, 1.82) is 0 Å². The van der Waals surface area contributed by atoms with Gasteiger partial charge in [0.05, 0.1) is 31.6 Å². The van der Waals surface area contributed by atoms with E-state index in [-0.39, 0.29) is 18.8 Å². The number of rotatable bonds is 5. The van der Waals surface area contributed by atoms with Crippen LogP contribution in [0.15, 0.2) is 24.4 Å². The highest BCUT2D eigenvalue weighted by atomic mass is 19.2. The second-order valence-electron chi connectivity index (χ2n) is 3.65. The molecule has 0 aliphatic rings. The van der Waals surface area contributed by atoms with Gasteiger partial charge in [0, 0.05) is 0 Å². The Bertz CT molecular complexity index is 530. The zero-order valence-electron chi connectivity index (χ0n) is 9.48. The van der Waals surface area contributed by atoms with Gasteiger partial charge in [0.15, 0.2) is 11.6 Å². The number of nitrogens with zero attached hydrogens (tertiary/aromatic N) is 3. The lowest BCUT2D eigenvalue weighted by Gasteiger charge is -2.05. The Balaban J connectivity index is 2.00. The van der Waals surface area contributed by atoms with E-state index in [9.17, 15) is 8.78 Å². The van der Waals surface area contributed by atoms with Crippen LogP contribution in [0, 0.1) is 11.6 Å². The van der Waals surface area contributed by atoms with E-state index in [1.807, 2.05) is 0 Å². The van der Waals surface area contributed by atoms with E-state index in [1.165, 1.54) is 16.8 Å². The Morgan fingerprint density at radius 1 is 1.33 bits per heavy atom. The predicted molar refractivity (Wildman–Crippen MR) is 60.8 cm³/mol. The van der Waals surface area contributed by atoms with E-state index in [4.69, 9.17) is 5.11 Å². The zero-order valence-corrected chi connectivity index (χ0v) is 9.48. The van der Waals surface area contributed by atoms with E-state index < -0.39 is 11.6 Å². The first-order valence-corrected chi connectivity index (χ1v) is 5.38. The molecule has 5 nitrogen and oxygen atoms in total. The lowest BCUT2D eigenvalue weighted by Crippen LogP contribution is -2.03. The molecule has 1 heterocycles. The van der Waals surface area contributed by atoms with Crippen LogP contribution in [0.5, 0.6) is 0 Å². The molecule has 0 radical (unpaired) electrons. The van der Waals surface area contributed by atoms with Crippen LogP contribution in [0.1, 0.15) is 5.69 Å². The SMILES string of the molecule is OCCn1cc(CNc2cccc(F)c2F)nn1. The van der Waals surface area contributed by atoms with Crippen molar-refractivity contribution in [3.05, 3.63) is 41.7 Å². The van der Waals surface area contributed by atoms with Gasteiger partial charge in [-0.1, -0.05) is 11.3 Å². The summed E-state index contributed by atoms with van der Waals surface area (Å²) in [4.78, 5) is 0. The third-order valence-corrected chi connectivity index (χ3v) is 2.33. The zero-order chi connectivity index (χ0) is 13.0. The van der Waals surface area contributed by atoms with Gasteiger partial charge in [-0.25, -0.2) is 13.5 Å². The molecule has 2 aromatic rings. The van der Waals surface area contributed by atoms with Crippen molar-refractivity contribution in [2.75, 3.05) is 11.9 Å². The Morgan fingerprint density at radius 2 is 2.17 bits per heavy atom. The first kappa shape index (κ1) is 12.4. The molecular weight excluding hydrogens is 242 g/mol. The lowest BCUT2D eigenvalue weighted by molar-refractivity contribution is 0.268. The first-order valence-electron chi connectivity index (χ1n) is 5.38. The second-order valence-corrected chi connectivity index (χ2v) is 3.65. The molecule has 0 atom stereocenters. The summed E-state index contributed by atoms with van der Waals surface area (Å²) < 4.78 is 27.7. The second kappa shape index (κ2) is 5.54. The summed E-state index contributed by atoms with van der Waals surface area (Å²) in [5, 5.41) is 19.0. The molecule has 0 amide bonds. The monoisotopic (exact) mass is 254 g/mol. The van der Waals surface area contributed by atoms with Gasteiger partial charge >= 0.3 is 0 Å². The fourth-order valence-corrected chi connectivity index (χ4v) is 1.46. The average Bonchev–Trinajstić information content (AvgIpc) is 2.79. The quantitative estimate of drug-likeness (QED) is 0.840. The van der Waals surface area contributed by atoms with Crippen LogP contribution in [0.3, 0.4) is 0 Å². The number of hydrogen-bond acceptors (Lipinski definition) is 4. The topological polar surface area (TPSA) is 63.0 Å². The molecule has 1 aromatic carbocycles. The van der Waals surface area contributed by atoms with E-state index in [2.05, 4.69) is 15.6 Å². The minimum Gasteiger partial charge on any atom is -0.394 e. The maximum Gasteiger partial charge on any atom is 0.181 e. The number of hydrogen-bond donors (Lipinski definition) is 2. The van der Waals surface area contributed by atoms with Gasteiger partial charge in [-0.05, 0) is 12.1 Å². The van der Waals surface area contributed by atoms with Crippen LogP contribution in [-0.4, -0.2) is 26.7 Å². The van der Waals surface area contributed by atoms with Gasteiger partial charge in [0.1, 0.15) is 5.69 Å². The van der Waals surface area contributed by atoms with Crippen molar-refractivity contribution >= 4 is 5.69 Å². The Morgan fingerprint density at radius 3 is 2.94 bits per heavy atom. The fraction of sp³-hybridized carbons (Fsp3) is 0.273. The maximum absolute atomic E-state index is 13.3. The van der Waals surface area contributed by atoms with Crippen molar-refractivity contribution in [2.24, 2.45) is 0 Å². The van der Waals surface area contributed by atoms with Gasteiger partial charge < -0.3 is 10.4 Å². The van der Waals surface area contributed by atoms with Crippen LogP contribution in [0.25, 0.3) is 0 Å². The Hall–Kier alpha value is -2.02. The number of aliphatic hydroxyl groups is 1. The van der Waals surface area contributed by atoms with Gasteiger partial charge in [0.25, 0.3) is 0 Å². The van der Waals surface area contributed by atoms with Gasteiger partial charge in [-0.3, -0.25) is 0 Å². The van der Waals surface area contributed by atoms with Gasteiger partial charge in [-0.15, -0.1) is 5.10 Å². The highest BCUT2D eigenvalue weighted by Crippen LogP contribution is 2.16. The Labute approximate surface area is 102 Å². The van der Waals surface area contributed by atoms with Gasteiger partial charge in [-0.2, -0.15) is 0 Å². The minimum absolute atomic E-state index is 0.0330. The highest BCUT2D eigenvalue weighted by Gasteiger charge is 2.07. The molecule has 1 aromatic heterocycles. The smallest absolute Gasteiger partial charge is 0.181 e. The number of nitrogens with one attached hydrogen (secondary N) is 1. The third kappa shape index (κ3) is 2.80. The summed E-state index contributed by atoms with van der Waals surface area (Å²) in [6.45, 7) is 0.544. The summed E-state index contributed by atoms with van der Waals surface area (Å²) in [6, 6.07) is 3.91. The number of halogens is 2. The maximum atomic E-state index is 13.3. The lowest BCUT2D eigenvalue weighted by atomic mass is 10.3. The molecule has 18 heavy (non-hydrogen) atoms. The van der Waals surface area contributed by atoms with Crippen LogP contribution < -0.4 is 5.32 Å². The van der Waals surface area contributed by atoms with Crippen molar-refractivity contribution in [3.8, 4) is 0 Å². The minimum atomic E-state index is -0.916. The normalized spacial score (nSPS) is 10.6. The molecule has 2 rings (SSSR count). The molecular formula is C11H12F2N4O.